The van der Waals surface area contributed by atoms with Crippen LogP contribution >= 0.6 is 11.3 Å². The van der Waals surface area contributed by atoms with Gasteiger partial charge in [-0.15, -0.1) is 0 Å². The fourth-order valence-corrected chi connectivity index (χ4v) is 5.69. The Bertz CT molecular complexity index is 1430. The number of piperidine rings is 1. The molecule has 190 valence electrons. The van der Waals surface area contributed by atoms with Gasteiger partial charge in [0.25, 0.3) is 5.91 Å². The highest BCUT2D eigenvalue weighted by atomic mass is 32.1. The van der Waals surface area contributed by atoms with Crippen molar-refractivity contribution in [1.82, 2.24) is 19.9 Å². The molecule has 0 aliphatic carbocycles. The number of amides is 1. The molecule has 3 N–H and O–H groups in total. The highest BCUT2D eigenvalue weighted by molar-refractivity contribution is 7.22. The van der Waals surface area contributed by atoms with Crippen molar-refractivity contribution in [3.63, 3.8) is 0 Å². The number of rotatable bonds is 5. The van der Waals surface area contributed by atoms with Crippen molar-refractivity contribution in [3.8, 4) is 11.3 Å². The second kappa shape index (κ2) is 10.3. The quantitative estimate of drug-likeness (QED) is 0.408. The monoisotopic (exact) mass is 516 g/mol. The predicted molar refractivity (Wildman–Crippen MR) is 146 cm³/mol. The minimum Gasteiger partial charge on any atom is -0.384 e. The summed E-state index contributed by atoms with van der Waals surface area (Å²) in [7, 11) is 0. The number of morpholine rings is 1. The van der Waals surface area contributed by atoms with E-state index in [4.69, 9.17) is 20.4 Å². The van der Waals surface area contributed by atoms with E-state index in [1.165, 1.54) is 6.42 Å². The Morgan fingerprint density at radius 3 is 2.62 bits per heavy atom. The van der Waals surface area contributed by atoms with E-state index in [-0.39, 0.29) is 5.91 Å². The van der Waals surface area contributed by atoms with Gasteiger partial charge in [-0.3, -0.25) is 4.79 Å². The summed E-state index contributed by atoms with van der Waals surface area (Å²) in [4.78, 5) is 36.3. The smallest absolute Gasteiger partial charge is 0.274 e. The van der Waals surface area contributed by atoms with Crippen LogP contribution in [0.4, 0.5) is 22.5 Å². The molecule has 4 aromatic rings. The van der Waals surface area contributed by atoms with Crippen molar-refractivity contribution < 1.29 is 9.53 Å². The highest BCUT2D eigenvalue weighted by Crippen LogP contribution is 2.35. The molecule has 2 fully saturated rings. The first kappa shape index (κ1) is 23.6. The molecule has 2 aliphatic heterocycles. The number of hydrogen-bond donors (Lipinski definition) is 2. The minimum absolute atomic E-state index is 0.291. The van der Waals surface area contributed by atoms with Gasteiger partial charge in [-0.05, 0) is 49.6 Å². The number of carbonyl (C=O) groups is 1. The molecule has 0 saturated carbocycles. The zero-order chi connectivity index (χ0) is 25.2. The molecule has 0 bridgehead atoms. The van der Waals surface area contributed by atoms with Gasteiger partial charge in [-0.2, -0.15) is 4.98 Å². The molecule has 0 unspecified atom stereocenters. The summed E-state index contributed by atoms with van der Waals surface area (Å²) in [5.74, 6) is 0.874. The Morgan fingerprint density at radius 2 is 1.81 bits per heavy atom. The van der Waals surface area contributed by atoms with E-state index in [0.29, 0.717) is 41.8 Å². The number of fused-ring (bicyclic) bond motifs is 1. The second-order valence-corrected chi connectivity index (χ2v) is 10.2. The van der Waals surface area contributed by atoms with Gasteiger partial charge in [-0.25, -0.2) is 15.0 Å². The van der Waals surface area contributed by atoms with Crippen molar-refractivity contribution in [1.29, 1.82) is 0 Å². The van der Waals surface area contributed by atoms with Gasteiger partial charge in [0.15, 0.2) is 16.6 Å². The third-order valence-corrected chi connectivity index (χ3v) is 7.65. The van der Waals surface area contributed by atoms with Crippen LogP contribution in [0.25, 0.3) is 21.6 Å². The molecule has 37 heavy (non-hydrogen) atoms. The van der Waals surface area contributed by atoms with Gasteiger partial charge in [-0.1, -0.05) is 17.4 Å². The van der Waals surface area contributed by atoms with E-state index < -0.39 is 0 Å². The summed E-state index contributed by atoms with van der Waals surface area (Å²) in [5.41, 5.74) is 9.00. The van der Waals surface area contributed by atoms with Gasteiger partial charge < -0.3 is 25.6 Å². The second-order valence-electron chi connectivity index (χ2n) is 9.16. The van der Waals surface area contributed by atoms with Crippen molar-refractivity contribution in [2.45, 2.75) is 19.3 Å². The third kappa shape index (κ3) is 5.05. The lowest BCUT2D eigenvalue weighted by atomic mass is 10.1. The Morgan fingerprint density at radius 1 is 0.973 bits per heavy atom. The lowest BCUT2D eigenvalue weighted by Gasteiger charge is -2.29. The van der Waals surface area contributed by atoms with Crippen molar-refractivity contribution >= 4 is 50.0 Å². The number of anilines is 4. The molecule has 11 heteroatoms. The molecule has 4 aromatic heterocycles. The molecule has 6 heterocycles. The SMILES string of the molecule is Nc1cc(-c2cccc(C(=O)Nc3cc4sc(N5CCOCC5)nc4nc3N3CCCCC3)n2)ccn1. The fraction of sp³-hybridized carbons (Fsp3) is 0.346. The molecule has 10 nitrogen and oxygen atoms in total. The Balaban J connectivity index is 1.33. The Labute approximate surface area is 218 Å². The number of ether oxygens (including phenoxy) is 1. The lowest BCUT2D eigenvalue weighted by Crippen LogP contribution is -2.36. The van der Waals surface area contributed by atoms with E-state index in [1.54, 1.807) is 29.7 Å². The number of aromatic nitrogens is 4. The summed E-state index contributed by atoms with van der Waals surface area (Å²) in [6.07, 6.45) is 5.03. The van der Waals surface area contributed by atoms with Gasteiger partial charge >= 0.3 is 0 Å². The van der Waals surface area contributed by atoms with Crippen LogP contribution in [-0.2, 0) is 4.74 Å². The predicted octanol–water partition coefficient (Wildman–Crippen LogP) is 3.81. The van der Waals surface area contributed by atoms with Crippen molar-refractivity contribution in [2.24, 2.45) is 0 Å². The van der Waals surface area contributed by atoms with Crippen LogP contribution < -0.4 is 20.9 Å². The Hall–Kier alpha value is -3.83. The molecular weight excluding hydrogens is 488 g/mol. The fourth-order valence-electron chi connectivity index (χ4n) is 4.69. The zero-order valence-corrected chi connectivity index (χ0v) is 21.2. The largest absolute Gasteiger partial charge is 0.384 e. The van der Waals surface area contributed by atoms with E-state index in [1.807, 2.05) is 24.3 Å². The zero-order valence-electron chi connectivity index (χ0n) is 20.4. The Kier molecular flexibility index (Phi) is 6.54. The summed E-state index contributed by atoms with van der Waals surface area (Å²) in [5, 5.41) is 4.03. The van der Waals surface area contributed by atoms with Crippen LogP contribution in [0, 0.1) is 0 Å². The topological polar surface area (TPSA) is 122 Å². The molecule has 0 spiro atoms. The van der Waals surface area contributed by atoms with E-state index in [0.717, 1.165) is 60.2 Å². The summed E-state index contributed by atoms with van der Waals surface area (Å²) < 4.78 is 6.43. The minimum atomic E-state index is -0.291. The number of thiazole rings is 1. The molecule has 0 radical (unpaired) electrons. The van der Waals surface area contributed by atoms with Crippen LogP contribution in [0.3, 0.4) is 0 Å². The van der Waals surface area contributed by atoms with Gasteiger partial charge in [0, 0.05) is 37.9 Å². The maximum Gasteiger partial charge on any atom is 0.274 e. The van der Waals surface area contributed by atoms with Crippen molar-refractivity contribution in [3.05, 3.63) is 48.3 Å². The number of pyridine rings is 3. The average molecular weight is 517 g/mol. The summed E-state index contributed by atoms with van der Waals surface area (Å²) in [6.45, 7) is 4.82. The maximum atomic E-state index is 13.4. The third-order valence-electron chi connectivity index (χ3n) is 6.60. The molecule has 0 atom stereocenters. The van der Waals surface area contributed by atoms with Crippen LogP contribution in [0.2, 0.25) is 0 Å². The maximum absolute atomic E-state index is 13.4. The van der Waals surface area contributed by atoms with Crippen molar-refractivity contribution in [2.75, 3.05) is 60.2 Å². The first-order valence-electron chi connectivity index (χ1n) is 12.5. The standard InChI is InChI=1S/C26H28N8O2S/c27-22-15-17(7-8-28-22)18-5-4-6-19(29-18)25(35)30-20-16-21-23(31-24(20)33-9-2-1-3-10-33)32-26(37-21)34-11-13-36-14-12-34/h4-8,15-16H,1-3,9-14H2,(H2,27,28)(H,30,35). The van der Waals surface area contributed by atoms with Crippen LogP contribution in [-0.4, -0.2) is 65.2 Å². The number of carbonyl (C=O) groups excluding carboxylic acids is 1. The van der Waals surface area contributed by atoms with Gasteiger partial charge in [0.2, 0.25) is 0 Å². The van der Waals surface area contributed by atoms with E-state index >= 15 is 0 Å². The number of nitrogens with zero attached hydrogens (tertiary/aromatic N) is 6. The number of nitrogen functional groups attached to an aromatic ring is 1. The highest BCUT2D eigenvalue weighted by Gasteiger charge is 2.23. The van der Waals surface area contributed by atoms with Crippen LogP contribution in [0.1, 0.15) is 29.8 Å². The molecule has 6 rings (SSSR count). The normalized spacial score (nSPS) is 16.2. The first-order valence-corrected chi connectivity index (χ1v) is 13.4. The molecule has 2 aliphatic rings. The number of hydrogen-bond acceptors (Lipinski definition) is 10. The van der Waals surface area contributed by atoms with E-state index in [2.05, 4.69) is 25.1 Å². The van der Waals surface area contributed by atoms with Crippen LogP contribution in [0.15, 0.2) is 42.6 Å². The molecular formula is C26H28N8O2S. The van der Waals surface area contributed by atoms with Gasteiger partial charge in [0.1, 0.15) is 11.5 Å². The number of nitrogens with two attached hydrogens (primary N) is 1. The van der Waals surface area contributed by atoms with Crippen LogP contribution in [0.5, 0.6) is 0 Å². The van der Waals surface area contributed by atoms with Gasteiger partial charge in [0.05, 0.1) is 29.3 Å². The summed E-state index contributed by atoms with van der Waals surface area (Å²) in [6, 6.07) is 10.9. The summed E-state index contributed by atoms with van der Waals surface area (Å²) >= 11 is 1.59. The molecule has 1 amide bonds. The van der Waals surface area contributed by atoms with E-state index in [9.17, 15) is 4.79 Å². The molecule has 2 saturated heterocycles. The average Bonchev–Trinajstić information content (AvgIpc) is 3.37. The first-order chi connectivity index (χ1) is 18.1. The number of nitrogens with one attached hydrogen (secondary N) is 1. The molecule has 0 aromatic carbocycles. The lowest BCUT2D eigenvalue weighted by molar-refractivity contribution is 0.102.